The van der Waals surface area contributed by atoms with E-state index >= 15 is 0 Å². The SMILES string of the molecule is CCCCOC(=O)C12C=C(c3ccccc3OC(F)(F)F)C(NC(=O)c3c(C)c(Cl)nc4ccc(Br)cc34)(CC1)CC2. The Morgan fingerprint density at radius 1 is 1.12 bits per heavy atom. The Balaban J connectivity index is 1.62. The highest BCUT2D eigenvalue weighted by Gasteiger charge is 2.55. The number of amides is 1. The molecule has 2 bridgehead atoms. The highest BCUT2D eigenvalue weighted by molar-refractivity contribution is 9.10. The molecule has 3 aliphatic carbocycles. The van der Waals surface area contributed by atoms with E-state index in [1.54, 1.807) is 37.3 Å². The van der Waals surface area contributed by atoms with Gasteiger partial charge in [0.2, 0.25) is 0 Å². The molecule has 0 aliphatic heterocycles. The number of aromatic nitrogens is 1. The first-order chi connectivity index (χ1) is 19.9. The second kappa shape index (κ2) is 11.5. The molecule has 0 saturated heterocycles. The summed E-state index contributed by atoms with van der Waals surface area (Å²) in [6.07, 6.45) is -0.330. The summed E-state index contributed by atoms with van der Waals surface area (Å²) in [5, 5.41) is 3.92. The van der Waals surface area contributed by atoms with E-state index in [0.29, 0.717) is 59.7 Å². The van der Waals surface area contributed by atoms with Crippen molar-refractivity contribution in [3.63, 3.8) is 0 Å². The number of hydrogen-bond acceptors (Lipinski definition) is 5. The minimum Gasteiger partial charge on any atom is -0.465 e. The van der Waals surface area contributed by atoms with Crippen LogP contribution in [0.15, 0.2) is 53.0 Å². The number of rotatable bonds is 8. The number of halogens is 5. The molecular formula is C31H29BrClF3N2O4. The first kappa shape index (κ1) is 30.4. The maximum atomic E-state index is 14.1. The van der Waals surface area contributed by atoms with Crippen molar-refractivity contribution in [2.75, 3.05) is 6.61 Å². The number of fused-ring (bicyclic) bond motifs is 3. The molecule has 11 heteroatoms. The molecule has 3 aliphatic rings. The molecule has 6 nitrogen and oxygen atoms in total. The normalized spacial score (nSPS) is 21.6. The minimum absolute atomic E-state index is 0.150. The molecule has 6 rings (SSSR count). The third-order valence-electron chi connectivity index (χ3n) is 8.18. The lowest BCUT2D eigenvalue weighted by Crippen LogP contribution is -2.57. The van der Waals surface area contributed by atoms with Crippen LogP contribution in [0, 0.1) is 12.3 Å². The Hall–Kier alpha value is -3.11. The van der Waals surface area contributed by atoms with Gasteiger partial charge in [-0.05, 0) is 74.4 Å². The summed E-state index contributed by atoms with van der Waals surface area (Å²) in [5.41, 5.74) is -0.231. The standard InChI is InChI=1S/C31H29BrClF3N2O4/c1-3-4-15-41-28(40)29-11-13-30(14-12-29,22(17-29)20-7-5-6-8-24(20)42-31(34,35)36)38-27(39)25-18(2)26(33)37-23-10-9-19(32)16-21(23)25/h5-10,16-17H,3-4,11-15H2,1-2H3,(H,38,39). The molecule has 1 aromatic heterocycles. The number of hydrogen-bond donors (Lipinski definition) is 1. The summed E-state index contributed by atoms with van der Waals surface area (Å²) >= 11 is 9.87. The van der Waals surface area contributed by atoms with Gasteiger partial charge in [-0.15, -0.1) is 13.2 Å². The molecule has 0 atom stereocenters. The Kier molecular flexibility index (Phi) is 8.33. The van der Waals surface area contributed by atoms with Gasteiger partial charge in [0.1, 0.15) is 10.9 Å². The monoisotopic (exact) mass is 664 g/mol. The number of pyridine rings is 1. The van der Waals surface area contributed by atoms with Gasteiger partial charge in [0, 0.05) is 15.4 Å². The molecular weight excluding hydrogens is 637 g/mol. The number of para-hydroxylation sites is 1. The average molecular weight is 666 g/mol. The van der Waals surface area contributed by atoms with E-state index in [4.69, 9.17) is 16.3 Å². The first-order valence-corrected chi connectivity index (χ1v) is 14.9. The zero-order valence-electron chi connectivity index (χ0n) is 23.0. The fourth-order valence-corrected chi connectivity index (χ4v) is 6.52. The number of carbonyl (C=O) groups excluding carboxylic acids is 2. The maximum absolute atomic E-state index is 14.1. The number of benzene rings is 2. The lowest BCUT2D eigenvalue weighted by molar-refractivity contribution is -0.274. The van der Waals surface area contributed by atoms with Crippen LogP contribution in [0.4, 0.5) is 13.2 Å². The Morgan fingerprint density at radius 2 is 1.83 bits per heavy atom. The van der Waals surface area contributed by atoms with Crippen molar-refractivity contribution < 1.29 is 32.2 Å². The molecule has 1 heterocycles. The quantitative estimate of drug-likeness (QED) is 0.149. The topological polar surface area (TPSA) is 77.5 Å². The molecule has 1 N–H and O–H groups in total. The predicted octanol–water partition coefficient (Wildman–Crippen LogP) is 8.33. The molecule has 2 aromatic carbocycles. The summed E-state index contributed by atoms with van der Waals surface area (Å²) in [7, 11) is 0. The van der Waals surface area contributed by atoms with E-state index in [9.17, 15) is 22.8 Å². The van der Waals surface area contributed by atoms with Crippen molar-refractivity contribution in [3.8, 4) is 5.75 Å². The first-order valence-electron chi connectivity index (χ1n) is 13.7. The number of carbonyl (C=O) groups is 2. The van der Waals surface area contributed by atoms with Gasteiger partial charge in [-0.1, -0.05) is 65.2 Å². The van der Waals surface area contributed by atoms with Crippen molar-refractivity contribution in [3.05, 3.63) is 74.9 Å². The van der Waals surface area contributed by atoms with Gasteiger partial charge >= 0.3 is 12.3 Å². The van der Waals surface area contributed by atoms with E-state index in [0.717, 1.165) is 10.9 Å². The molecule has 1 saturated carbocycles. The Bertz CT molecular complexity index is 1580. The fraction of sp³-hybridized carbons (Fsp3) is 0.387. The second-order valence-corrected chi connectivity index (χ2v) is 12.1. The number of nitrogens with zero attached hydrogens (tertiary/aromatic N) is 1. The zero-order chi connectivity index (χ0) is 30.3. The summed E-state index contributed by atoms with van der Waals surface area (Å²) in [6.45, 7) is 3.95. The molecule has 1 amide bonds. The van der Waals surface area contributed by atoms with Crippen LogP contribution in [0.3, 0.4) is 0 Å². The van der Waals surface area contributed by atoms with E-state index in [2.05, 4.69) is 31.0 Å². The summed E-state index contributed by atoms with van der Waals surface area (Å²) in [6, 6.07) is 11.1. The Morgan fingerprint density at radius 3 is 2.52 bits per heavy atom. The van der Waals surface area contributed by atoms with Crippen LogP contribution in [0.2, 0.25) is 5.15 Å². The molecule has 0 spiro atoms. The van der Waals surface area contributed by atoms with Gasteiger partial charge < -0.3 is 14.8 Å². The molecule has 1 fully saturated rings. The highest BCUT2D eigenvalue weighted by Crippen LogP contribution is 2.56. The molecule has 3 aromatic rings. The number of esters is 1. The van der Waals surface area contributed by atoms with E-state index in [1.807, 2.05) is 6.92 Å². The lowest BCUT2D eigenvalue weighted by Gasteiger charge is -2.51. The van der Waals surface area contributed by atoms with Crippen LogP contribution < -0.4 is 10.1 Å². The number of ether oxygens (including phenoxy) is 2. The van der Waals surface area contributed by atoms with Crippen molar-refractivity contribution >= 4 is 55.9 Å². The number of unbranched alkanes of at least 4 members (excludes halogenated alkanes) is 1. The third kappa shape index (κ3) is 5.75. The van der Waals surface area contributed by atoms with Crippen LogP contribution in [-0.2, 0) is 9.53 Å². The average Bonchev–Trinajstić information content (AvgIpc) is 2.94. The summed E-state index contributed by atoms with van der Waals surface area (Å²) < 4.78 is 51.1. The number of nitrogens with one attached hydrogen (secondary N) is 1. The summed E-state index contributed by atoms with van der Waals surface area (Å²) in [4.78, 5) is 31.9. The minimum atomic E-state index is -4.94. The number of alkyl halides is 3. The highest BCUT2D eigenvalue weighted by atomic mass is 79.9. The van der Waals surface area contributed by atoms with Crippen LogP contribution in [-0.4, -0.2) is 35.4 Å². The molecule has 0 radical (unpaired) electrons. The van der Waals surface area contributed by atoms with Crippen molar-refractivity contribution in [1.82, 2.24) is 10.3 Å². The van der Waals surface area contributed by atoms with E-state index in [1.165, 1.54) is 18.2 Å². The van der Waals surface area contributed by atoms with E-state index < -0.39 is 34.9 Å². The van der Waals surface area contributed by atoms with Gasteiger partial charge in [-0.3, -0.25) is 9.59 Å². The van der Waals surface area contributed by atoms with Crippen LogP contribution in [0.5, 0.6) is 5.75 Å². The van der Waals surface area contributed by atoms with Crippen LogP contribution in [0.25, 0.3) is 16.5 Å². The van der Waals surface area contributed by atoms with Crippen molar-refractivity contribution in [2.45, 2.75) is 64.3 Å². The lowest BCUT2D eigenvalue weighted by atomic mass is 9.57. The largest absolute Gasteiger partial charge is 0.573 e. The van der Waals surface area contributed by atoms with Gasteiger partial charge in [-0.25, -0.2) is 4.98 Å². The predicted molar refractivity (Wildman–Crippen MR) is 157 cm³/mol. The molecule has 0 unspecified atom stereocenters. The fourth-order valence-electron chi connectivity index (χ4n) is 5.97. The maximum Gasteiger partial charge on any atom is 0.573 e. The van der Waals surface area contributed by atoms with Gasteiger partial charge in [0.15, 0.2) is 0 Å². The molecule has 222 valence electrons. The second-order valence-electron chi connectivity index (χ2n) is 10.8. The van der Waals surface area contributed by atoms with Gasteiger partial charge in [-0.2, -0.15) is 0 Å². The van der Waals surface area contributed by atoms with Crippen molar-refractivity contribution in [1.29, 1.82) is 0 Å². The van der Waals surface area contributed by atoms with Gasteiger partial charge in [0.25, 0.3) is 5.91 Å². The summed E-state index contributed by atoms with van der Waals surface area (Å²) in [5.74, 6) is -1.26. The van der Waals surface area contributed by atoms with Crippen LogP contribution in [0.1, 0.15) is 66.9 Å². The van der Waals surface area contributed by atoms with Crippen LogP contribution >= 0.6 is 27.5 Å². The van der Waals surface area contributed by atoms with E-state index in [-0.39, 0.29) is 17.3 Å². The van der Waals surface area contributed by atoms with Gasteiger partial charge in [0.05, 0.1) is 28.6 Å². The molecule has 42 heavy (non-hydrogen) atoms. The van der Waals surface area contributed by atoms with Crippen molar-refractivity contribution in [2.24, 2.45) is 5.41 Å². The third-order valence-corrected chi connectivity index (χ3v) is 9.04. The Labute approximate surface area is 254 Å². The zero-order valence-corrected chi connectivity index (χ0v) is 25.4. The smallest absolute Gasteiger partial charge is 0.465 e.